The Kier molecular flexibility index (Phi) is 7.92. The highest BCUT2D eigenvalue weighted by molar-refractivity contribution is 5.95. The molecule has 1 unspecified atom stereocenters. The molecule has 0 aliphatic carbocycles. The molecule has 1 aromatic rings. The minimum absolute atomic E-state index is 0.164. The number of nitrogens with one attached hydrogen (secondary N) is 2. The lowest BCUT2D eigenvalue weighted by Gasteiger charge is -2.16. The molecular weight excluding hydrogens is 270 g/mol. The van der Waals surface area contributed by atoms with Gasteiger partial charge in [-0.2, -0.15) is 0 Å². The molecule has 0 aliphatic rings. The predicted molar refractivity (Wildman–Crippen MR) is 81.8 cm³/mol. The number of hydrogen-bond acceptors (Lipinski definition) is 5. The largest absolute Gasteiger partial charge is 0.356 e. The summed E-state index contributed by atoms with van der Waals surface area (Å²) in [6, 6.07) is 7.17. The van der Waals surface area contributed by atoms with Crippen molar-refractivity contribution in [1.29, 1.82) is 0 Å². The van der Waals surface area contributed by atoms with Crippen LogP contribution in [-0.2, 0) is 11.3 Å². The molecule has 6 nitrogen and oxygen atoms in total. The third-order valence-corrected chi connectivity index (χ3v) is 2.99. The first-order chi connectivity index (χ1) is 10.0. The molecule has 1 atom stereocenters. The lowest BCUT2D eigenvalue weighted by atomic mass is 10.1. The van der Waals surface area contributed by atoms with Gasteiger partial charge in [0, 0.05) is 19.2 Å². The minimum atomic E-state index is -1.04. The van der Waals surface area contributed by atoms with Crippen molar-refractivity contribution in [3.05, 3.63) is 35.4 Å². The number of benzene rings is 1. The molecule has 0 saturated carbocycles. The Morgan fingerprint density at radius 2 is 2.10 bits per heavy atom. The lowest BCUT2D eigenvalue weighted by Crippen LogP contribution is -2.33. The summed E-state index contributed by atoms with van der Waals surface area (Å²) in [6.07, 6.45) is -0.118. The van der Waals surface area contributed by atoms with Crippen molar-refractivity contribution in [1.82, 2.24) is 15.5 Å². The zero-order valence-corrected chi connectivity index (χ0v) is 12.9. The number of ether oxygens (including phenoxy) is 1. The summed E-state index contributed by atoms with van der Waals surface area (Å²) in [5.41, 5.74) is 1.30. The molecule has 0 aromatic heterocycles. The SMILES string of the molecule is CNC(=O)c1ccccc1COC(O)NCCCN(C)C. The van der Waals surface area contributed by atoms with E-state index in [1.165, 1.54) is 0 Å². The van der Waals surface area contributed by atoms with Gasteiger partial charge in [-0.3, -0.25) is 10.1 Å². The van der Waals surface area contributed by atoms with Gasteiger partial charge in [0.1, 0.15) is 0 Å². The van der Waals surface area contributed by atoms with E-state index in [4.69, 9.17) is 4.74 Å². The van der Waals surface area contributed by atoms with Crippen LogP contribution in [0.3, 0.4) is 0 Å². The highest BCUT2D eigenvalue weighted by Crippen LogP contribution is 2.10. The summed E-state index contributed by atoms with van der Waals surface area (Å²) in [6.45, 7) is 1.78. The summed E-state index contributed by atoms with van der Waals surface area (Å²) >= 11 is 0. The smallest absolute Gasteiger partial charge is 0.251 e. The van der Waals surface area contributed by atoms with E-state index in [1.807, 2.05) is 26.2 Å². The number of carbonyl (C=O) groups is 1. The zero-order chi connectivity index (χ0) is 15.7. The van der Waals surface area contributed by atoms with Crippen LogP contribution >= 0.6 is 0 Å². The van der Waals surface area contributed by atoms with E-state index in [0.29, 0.717) is 12.1 Å². The summed E-state index contributed by atoms with van der Waals surface area (Å²) in [5.74, 6) is -0.164. The first-order valence-corrected chi connectivity index (χ1v) is 7.02. The Morgan fingerprint density at radius 3 is 2.76 bits per heavy atom. The molecular formula is C15H25N3O3. The predicted octanol–water partition coefficient (Wildman–Crippen LogP) is 0.380. The summed E-state index contributed by atoms with van der Waals surface area (Å²) in [5, 5.41) is 15.2. The van der Waals surface area contributed by atoms with Crippen molar-refractivity contribution in [3.8, 4) is 0 Å². The van der Waals surface area contributed by atoms with E-state index in [0.717, 1.165) is 18.5 Å². The first-order valence-electron chi connectivity index (χ1n) is 7.02. The molecule has 0 bridgehead atoms. The second-order valence-corrected chi connectivity index (χ2v) is 5.01. The number of nitrogens with zero attached hydrogens (tertiary/aromatic N) is 1. The molecule has 0 aliphatic heterocycles. The molecule has 0 saturated heterocycles. The molecule has 0 heterocycles. The van der Waals surface area contributed by atoms with Gasteiger partial charge in [0.25, 0.3) is 5.91 Å². The second-order valence-electron chi connectivity index (χ2n) is 5.01. The van der Waals surface area contributed by atoms with Crippen LogP contribution in [0.5, 0.6) is 0 Å². The van der Waals surface area contributed by atoms with Crippen molar-refractivity contribution in [2.24, 2.45) is 0 Å². The Bertz CT molecular complexity index is 438. The third kappa shape index (κ3) is 6.68. The van der Waals surface area contributed by atoms with Crippen LogP contribution in [0.2, 0.25) is 0 Å². The Morgan fingerprint density at radius 1 is 1.38 bits per heavy atom. The number of hydrogen-bond donors (Lipinski definition) is 3. The van der Waals surface area contributed by atoms with E-state index in [9.17, 15) is 9.90 Å². The van der Waals surface area contributed by atoms with Crippen LogP contribution in [0.1, 0.15) is 22.3 Å². The van der Waals surface area contributed by atoms with Crippen LogP contribution in [-0.4, -0.2) is 56.6 Å². The normalized spacial score (nSPS) is 12.4. The van der Waals surface area contributed by atoms with Gasteiger partial charge in [-0.25, -0.2) is 0 Å². The number of carbonyl (C=O) groups excluding carboxylic acids is 1. The Balaban J connectivity index is 2.39. The van der Waals surface area contributed by atoms with Crippen LogP contribution in [0.4, 0.5) is 0 Å². The molecule has 0 spiro atoms. The van der Waals surface area contributed by atoms with Crippen molar-refractivity contribution in [3.63, 3.8) is 0 Å². The van der Waals surface area contributed by atoms with Crippen LogP contribution in [0.15, 0.2) is 24.3 Å². The van der Waals surface area contributed by atoms with E-state index in [1.54, 1.807) is 19.2 Å². The monoisotopic (exact) mass is 295 g/mol. The van der Waals surface area contributed by atoms with Gasteiger partial charge in [-0.05, 0) is 38.7 Å². The fourth-order valence-electron chi connectivity index (χ4n) is 1.85. The van der Waals surface area contributed by atoms with Gasteiger partial charge in [0.2, 0.25) is 6.41 Å². The number of rotatable bonds is 9. The quantitative estimate of drug-likeness (QED) is 0.454. The maximum atomic E-state index is 11.7. The first kappa shape index (κ1) is 17.6. The topological polar surface area (TPSA) is 73.8 Å². The van der Waals surface area contributed by atoms with Crippen LogP contribution in [0.25, 0.3) is 0 Å². The third-order valence-electron chi connectivity index (χ3n) is 2.99. The average molecular weight is 295 g/mol. The van der Waals surface area contributed by atoms with E-state index in [2.05, 4.69) is 15.5 Å². The molecule has 0 fully saturated rings. The summed E-state index contributed by atoms with van der Waals surface area (Å²) in [7, 11) is 5.59. The molecule has 1 amide bonds. The molecule has 118 valence electrons. The van der Waals surface area contributed by atoms with Crippen molar-refractivity contribution in [2.75, 3.05) is 34.2 Å². The molecule has 0 radical (unpaired) electrons. The average Bonchev–Trinajstić information content (AvgIpc) is 2.48. The molecule has 6 heteroatoms. The molecule has 3 N–H and O–H groups in total. The number of aliphatic hydroxyl groups excluding tert-OH is 1. The van der Waals surface area contributed by atoms with Crippen LogP contribution in [0, 0.1) is 0 Å². The van der Waals surface area contributed by atoms with Crippen molar-refractivity contribution in [2.45, 2.75) is 19.4 Å². The fourth-order valence-corrected chi connectivity index (χ4v) is 1.85. The van der Waals surface area contributed by atoms with Gasteiger partial charge in [0.05, 0.1) is 6.61 Å². The van der Waals surface area contributed by atoms with Gasteiger partial charge in [0.15, 0.2) is 0 Å². The Hall–Kier alpha value is -1.47. The second kappa shape index (κ2) is 9.46. The fraction of sp³-hybridized carbons (Fsp3) is 0.533. The maximum Gasteiger partial charge on any atom is 0.251 e. The molecule has 21 heavy (non-hydrogen) atoms. The number of aliphatic hydroxyl groups is 1. The summed E-state index contributed by atoms with van der Waals surface area (Å²) in [4.78, 5) is 13.8. The van der Waals surface area contributed by atoms with Gasteiger partial charge in [-0.15, -0.1) is 0 Å². The maximum absolute atomic E-state index is 11.7. The number of amides is 1. The highest BCUT2D eigenvalue weighted by Gasteiger charge is 2.11. The molecule has 1 rings (SSSR count). The zero-order valence-electron chi connectivity index (χ0n) is 12.9. The summed E-state index contributed by atoms with van der Waals surface area (Å²) < 4.78 is 5.32. The molecule has 1 aromatic carbocycles. The van der Waals surface area contributed by atoms with E-state index >= 15 is 0 Å². The highest BCUT2D eigenvalue weighted by atomic mass is 16.6. The van der Waals surface area contributed by atoms with Crippen molar-refractivity contribution >= 4 is 5.91 Å². The standard InChI is InChI=1S/C15H25N3O3/c1-16-14(19)13-8-5-4-7-12(13)11-21-15(20)17-9-6-10-18(2)3/h4-5,7-8,15,17,20H,6,9-11H2,1-3H3,(H,16,19). The van der Waals surface area contributed by atoms with Crippen LogP contribution < -0.4 is 10.6 Å². The van der Waals surface area contributed by atoms with Crippen molar-refractivity contribution < 1.29 is 14.6 Å². The van der Waals surface area contributed by atoms with Gasteiger partial charge < -0.3 is 20.1 Å². The van der Waals surface area contributed by atoms with Gasteiger partial charge in [-0.1, -0.05) is 18.2 Å². The van der Waals surface area contributed by atoms with E-state index in [-0.39, 0.29) is 12.5 Å². The van der Waals surface area contributed by atoms with Gasteiger partial charge >= 0.3 is 0 Å². The minimum Gasteiger partial charge on any atom is -0.356 e. The Labute approximate surface area is 126 Å². The lowest BCUT2D eigenvalue weighted by molar-refractivity contribution is -0.128. The van der Waals surface area contributed by atoms with E-state index < -0.39 is 6.41 Å².